The summed E-state index contributed by atoms with van der Waals surface area (Å²) in [5.41, 5.74) is 1.46. The molecule has 0 aliphatic heterocycles. The second-order valence-electron chi connectivity index (χ2n) is 7.02. The van der Waals surface area contributed by atoms with Crippen LogP contribution in [0.3, 0.4) is 0 Å². The van der Waals surface area contributed by atoms with Crippen molar-refractivity contribution in [1.29, 1.82) is 0 Å². The topological polar surface area (TPSA) is 0 Å². The molecule has 1 heteroatoms. The van der Waals surface area contributed by atoms with Gasteiger partial charge in [0, 0.05) is 0 Å². The average molecular weight is 273 g/mol. The normalized spacial score (nSPS) is 19.7. The van der Waals surface area contributed by atoms with Crippen LogP contribution in [-0.4, -0.2) is 8.07 Å². The number of allylic oxidation sites excluding steroid dienone is 8. The molecule has 0 spiro atoms. The highest BCUT2D eigenvalue weighted by Crippen LogP contribution is 2.48. The van der Waals surface area contributed by atoms with Crippen LogP contribution in [0.2, 0.25) is 23.2 Å². The molecule has 2 rings (SSSR count). The van der Waals surface area contributed by atoms with Crippen LogP contribution in [0.25, 0.3) is 0 Å². The standard InChI is InChI=1S/C18H28Si/c1-15(2)13-19(14-16(3)4,17-9-5-6-10-17)18-11-7-8-12-18/h5-12,15-18H,13-14H2,1-4H3. The van der Waals surface area contributed by atoms with Crippen molar-refractivity contribution < 1.29 is 0 Å². The van der Waals surface area contributed by atoms with Crippen molar-refractivity contribution in [2.75, 3.05) is 0 Å². The van der Waals surface area contributed by atoms with Gasteiger partial charge in [0.05, 0.1) is 8.07 Å². The molecule has 0 aromatic heterocycles. The van der Waals surface area contributed by atoms with Crippen molar-refractivity contribution in [3.63, 3.8) is 0 Å². The minimum atomic E-state index is -1.40. The van der Waals surface area contributed by atoms with Gasteiger partial charge in [-0.1, -0.05) is 88.4 Å². The molecule has 0 radical (unpaired) electrons. The summed E-state index contributed by atoms with van der Waals surface area (Å²) in [5, 5.41) is 0. The van der Waals surface area contributed by atoms with Gasteiger partial charge in [0.25, 0.3) is 0 Å². The van der Waals surface area contributed by atoms with Gasteiger partial charge in [-0.3, -0.25) is 0 Å². The molecule has 0 nitrogen and oxygen atoms in total. The van der Waals surface area contributed by atoms with Crippen molar-refractivity contribution in [3.05, 3.63) is 48.6 Å². The van der Waals surface area contributed by atoms with E-state index in [0.717, 1.165) is 22.9 Å². The maximum Gasteiger partial charge on any atom is 0.0763 e. The molecule has 0 saturated carbocycles. The molecule has 19 heavy (non-hydrogen) atoms. The van der Waals surface area contributed by atoms with Crippen LogP contribution in [0.15, 0.2) is 48.6 Å². The fraction of sp³-hybridized carbons (Fsp3) is 0.556. The summed E-state index contributed by atoms with van der Waals surface area (Å²) in [4.78, 5) is 0. The van der Waals surface area contributed by atoms with Gasteiger partial charge < -0.3 is 0 Å². The molecule has 0 fully saturated rings. The Balaban J connectivity index is 2.36. The summed E-state index contributed by atoms with van der Waals surface area (Å²) < 4.78 is 0. The zero-order valence-corrected chi connectivity index (χ0v) is 13.8. The Morgan fingerprint density at radius 1 is 0.684 bits per heavy atom. The first-order valence-corrected chi connectivity index (χ1v) is 10.3. The summed E-state index contributed by atoms with van der Waals surface area (Å²) in [6.07, 6.45) is 18.9. The Morgan fingerprint density at radius 3 is 1.26 bits per heavy atom. The lowest BCUT2D eigenvalue weighted by Crippen LogP contribution is -2.44. The zero-order valence-electron chi connectivity index (χ0n) is 12.8. The lowest BCUT2D eigenvalue weighted by atomic mass is 10.3. The van der Waals surface area contributed by atoms with Crippen molar-refractivity contribution in [1.82, 2.24) is 0 Å². The summed E-state index contributed by atoms with van der Waals surface area (Å²) in [6, 6.07) is 2.87. The molecule has 0 atom stereocenters. The lowest BCUT2D eigenvalue weighted by Gasteiger charge is -2.42. The van der Waals surface area contributed by atoms with E-state index in [0.29, 0.717) is 0 Å². The molecule has 0 N–H and O–H groups in total. The first-order chi connectivity index (χ1) is 9.04. The Labute approximate surface area is 120 Å². The monoisotopic (exact) mass is 272 g/mol. The van der Waals surface area contributed by atoms with Crippen molar-refractivity contribution in [2.24, 2.45) is 11.8 Å². The SMILES string of the molecule is CC(C)C[Si](CC(C)C)(C1C=CC=C1)C1C=CC=C1. The zero-order chi connectivity index (χ0) is 13.9. The molecular formula is C18H28Si. The third-order valence-electron chi connectivity index (χ3n) is 4.40. The average Bonchev–Trinajstić information content (AvgIpc) is 3.01. The molecule has 104 valence electrons. The van der Waals surface area contributed by atoms with Crippen molar-refractivity contribution in [2.45, 2.75) is 50.9 Å². The van der Waals surface area contributed by atoms with Crippen LogP contribution in [0.1, 0.15) is 27.7 Å². The molecule has 0 amide bonds. The Morgan fingerprint density at radius 2 is 1.00 bits per heavy atom. The second-order valence-corrected chi connectivity index (χ2v) is 11.6. The van der Waals surface area contributed by atoms with Gasteiger partial charge >= 0.3 is 0 Å². The van der Waals surface area contributed by atoms with Gasteiger partial charge in [-0.05, 0) is 22.9 Å². The van der Waals surface area contributed by atoms with Crippen LogP contribution in [0, 0.1) is 11.8 Å². The van der Waals surface area contributed by atoms with Crippen LogP contribution < -0.4 is 0 Å². The second kappa shape index (κ2) is 6.09. The molecule has 0 saturated heterocycles. The van der Waals surface area contributed by atoms with Crippen molar-refractivity contribution in [3.8, 4) is 0 Å². The van der Waals surface area contributed by atoms with Gasteiger partial charge in [-0.15, -0.1) is 0 Å². The van der Waals surface area contributed by atoms with Crippen LogP contribution in [-0.2, 0) is 0 Å². The summed E-state index contributed by atoms with van der Waals surface area (Å²) in [5.74, 6) is 1.60. The fourth-order valence-corrected chi connectivity index (χ4v) is 10.7. The highest BCUT2D eigenvalue weighted by atomic mass is 28.3. The highest BCUT2D eigenvalue weighted by Gasteiger charge is 2.45. The number of hydrogen-bond acceptors (Lipinski definition) is 0. The van der Waals surface area contributed by atoms with Gasteiger partial charge in [0.1, 0.15) is 0 Å². The Hall–Kier alpha value is -0.823. The van der Waals surface area contributed by atoms with E-state index < -0.39 is 8.07 Å². The number of rotatable bonds is 6. The van der Waals surface area contributed by atoms with E-state index in [9.17, 15) is 0 Å². The molecule has 0 bridgehead atoms. The Bertz CT molecular complexity index is 345. The van der Waals surface area contributed by atoms with Crippen LogP contribution >= 0.6 is 0 Å². The highest BCUT2D eigenvalue weighted by molar-refractivity contribution is 6.84. The van der Waals surface area contributed by atoms with Gasteiger partial charge in [-0.2, -0.15) is 0 Å². The van der Waals surface area contributed by atoms with E-state index >= 15 is 0 Å². The molecule has 0 aromatic rings. The Kier molecular flexibility index (Phi) is 4.67. The first-order valence-electron chi connectivity index (χ1n) is 7.74. The summed E-state index contributed by atoms with van der Waals surface area (Å²) in [6.45, 7) is 9.58. The summed E-state index contributed by atoms with van der Waals surface area (Å²) >= 11 is 0. The molecule has 2 aliphatic carbocycles. The third kappa shape index (κ3) is 3.20. The quantitative estimate of drug-likeness (QED) is 0.541. The first kappa shape index (κ1) is 14.6. The largest absolute Gasteiger partial charge is 0.0803 e. The minimum absolute atomic E-state index is 0.731. The van der Waals surface area contributed by atoms with E-state index in [4.69, 9.17) is 0 Å². The molecule has 0 unspecified atom stereocenters. The van der Waals surface area contributed by atoms with E-state index in [1.165, 1.54) is 12.1 Å². The lowest BCUT2D eigenvalue weighted by molar-refractivity contribution is 0.665. The predicted molar refractivity (Wildman–Crippen MR) is 89.1 cm³/mol. The van der Waals surface area contributed by atoms with Gasteiger partial charge in [0.15, 0.2) is 0 Å². The maximum absolute atomic E-state index is 2.47. The van der Waals surface area contributed by atoms with E-state index in [-0.39, 0.29) is 0 Å². The molecule has 0 heterocycles. The van der Waals surface area contributed by atoms with E-state index in [1.54, 1.807) is 0 Å². The smallest absolute Gasteiger partial charge is 0.0763 e. The predicted octanol–water partition coefficient (Wildman–Crippen LogP) is 5.74. The molecular weight excluding hydrogens is 244 g/mol. The van der Waals surface area contributed by atoms with E-state index in [1.807, 2.05) is 0 Å². The number of hydrogen-bond donors (Lipinski definition) is 0. The molecule has 2 aliphatic rings. The maximum atomic E-state index is 2.47. The fourth-order valence-electron chi connectivity index (χ4n) is 4.00. The van der Waals surface area contributed by atoms with E-state index in [2.05, 4.69) is 76.3 Å². The van der Waals surface area contributed by atoms with Crippen molar-refractivity contribution >= 4 is 8.07 Å². The van der Waals surface area contributed by atoms with Crippen LogP contribution in [0.5, 0.6) is 0 Å². The third-order valence-corrected chi connectivity index (χ3v) is 11.0. The van der Waals surface area contributed by atoms with Crippen LogP contribution in [0.4, 0.5) is 0 Å². The van der Waals surface area contributed by atoms with Gasteiger partial charge in [0.2, 0.25) is 0 Å². The van der Waals surface area contributed by atoms with Gasteiger partial charge in [-0.25, -0.2) is 0 Å². The molecule has 0 aromatic carbocycles. The summed E-state index contributed by atoms with van der Waals surface area (Å²) in [7, 11) is -1.40. The minimum Gasteiger partial charge on any atom is -0.0803 e.